The molecule has 0 amide bonds. The van der Waals surface area contributed by atoms with Crippen molar-refractivity contribution in [2.45, 2.75) is 6.42 Å². The first-order valence-corrected chi connectivity index (χ1v) is 6.98. The largest absolute Gasteiger partial charge is 0.497 e. The third-order valence-electron chi connectivity index (χ3n) is 3.18. The van der Waals surface area contributed by atoms with Crippen LogP contribution in [0.1, 0.15) is 16.4 Å². The van der Waals surface area contributed by atoms with Gasteiger partial charge in [-0.15, -0.1) is 0 Å². The van der Waals surface area contributed by atoms with Gasteiger partial charge in [0.2, 0.25) is 5.78 Å². The summed E-state index contributed by atoms with van der Waals surface area (Å²) in [6.07, 6.45) is 2.30. The van der Waals surface area contributed by atoms with Gasteiger partial charge in [-0.2, -0.15) is 5.10 Å². The second kappa shape index (κ2) is 6.78. The van der Waals surface area contributed by atoms with Crippen molar-refractivity contribution in [3.63, 3.8) is 0 Å². The molecule has 2 heterocycles. The number of nitrogens with one attached hydrogen (secondary N) is 1. The monoisotopic (exact) mass is 327 g/mol. The summed E-state index contributed by atoms with van der Waals surface area (Å²) >= 11 is 0. The molecule has 0 unspecified atom stereocenters. The number of H-pyrrole nitrogens is 1. The second-order valence-corrected chi connectivity index (χ2v) is 4.75. The Morgan fingerprint density at radius 2 is 2.08 bits per heavy atom. The number of Topliss-reactive ketones (excluding diaryl/α,β-unsaturated/α-hetero) is 2. The van der Waals surface area contributed by atoms with Crippen LogP contribution >= 0.6 is 0 Å². The lowest BCUT2D eigenvalue weighted by molar-refractivity contribution is -0.114. The molecule has 0 saturated heterocycles. The summed E-state index contributed by atoms with van der Waals surface area (Å²) < 4.78 is 16.1. The molecule has 24 heavy (non-hydrogen) atoms. The first kappa shape index (κ1) is 15.5. The topological polar surface area (TPSA) is 107 Å². The van der Waals surface area contributed by atoms with Crippen LogP contribution < -0.4 is 9.47 Å². The van der Waals surface area contributed by atoms with E-state index in [1.807, 2.05) is 0 Å². The highest BCUT2D eigenvalue weighted by Crippen LogP contribution is 2.29. The Morgan fingerprint density at radius 3 is 2.83 bits per heavy atom. The number of carbonyl (C=O) groups is 2. The van der Waals surface area contributed by atoms with Crippen molar-refractivity contribution in [2.24, 2.45) is 0 Å². The van der Waals surface area contributed by atoms with Crippen molar-refractivity contribution in [3.8, 4) is 17.2 Å². The number of ether oxygens (including phenoxy) is 2. The first-order valence-electron chi connectivity index (χ1n) is 6.98. The molecule has 8 heteroatoms. The number of carbonyl (C=O) groups excluding carboxylic acids is 2. The highest BCUT2D eigenvalue weighted by molar-refractivity contribution is 6.43. The minimum atomic E-state index is -0.767. The molecule has 0 aliphatic heterocycles. The van der Waals surface area contributed by atoms with Gasteiger partial charge in [0.25, 0.3) is 5.78 Å². The average molecular weight is 327 g/mol. The lowest BCUT2D eigenvalue weighted by Crippen LogP contribution is -2.18. The van der Waals surface area contributed by atoms with Crippen molar-refractivity contribution in [1.82, 2.24) is 15.2 Å². The molecule has 0 saturated carbocycles. The maximum absolute atomic E-state index is 12.0. The molecular weight excluding hydrogens is 314 g/mol. The standard InChI is InChI=1S/C16H13N3O5/c1-22-10-3-2-4-11(7-10)24-13-5-6-23-14(13)8-12(20)15(21)16-17-9-18-19-16/h2-7,9H,8H2,1H3,(H,17,18,19). The third-order valence-corrected chi connectivity index (χ3v) is 3.18. The van der Waals surface area contributed by atoms with E-state index in [0.717, 1.165) is 6.33 Å². The van der Waals surface area contributed by atoms with Gasteiger partial charge < -0.3 is 13.9 Å². The maximum atomic E-state index is 12.0. The minimum absolute atomic E-state index is 0.109. The van der Waals surface area contributed by atoms with Crippen LogP contribution in [0.4, 0.5) is 0 Å². The van der Waals surface area contributed by atoms with Crippen LogP contribution in [0, 0.1) is 0 Å². The molecular formula is C16H13N3O5. The fraction of sp³-hybridized carbons (Fsp3) is 0.125. The van der Waals surface area contributed by atoms with Crippen LogP contribution in [0.15, 0.2) is 47.3 Å². The molecule has 0 atom stereocenters. The summed E-state index contributed by atoms with van der Waals surface area (Å²) in [5.74, 6) is 0.188. The van der Waals surface area contributed by atoms with Gasteiger partial charge in [-0.25, -0.2) is 4.98 Å². The van der Waals surface area contributed by atoms with E-state index in [-0.39, 0.29) is 18.0 Å². The van der Waals surface area contributed by atoms with Crippen molar-refractivity contribution < 1.29 is 23.5 Å². The summed E-state index contributed by atoms with van der Waals surface area (Å²) in [6.45, 7) is 0. The highest BCUT2D eigenvalue weighted by atomic mass is 16.5. The van der Waals surface area contributed by atoms with Gasteiger partial charge in [-0.05, 0) is 12.1 Å². The Balaban J connectivity index is 1.73. The molecule has 0 aliphatic carbocycles. The molecule has 3 rings (SSSR count). The molecule has 1 N–H and O–H groups in total. The zero-order valence-electron chi connectivity index (χ0n) is 12.7. The van der Waals surface area contributed by atoms with Gasteiger partial charge >= 0.3 is 0 Å². The molecule has 1 aromatic carbocycles. The lowest BCUT2D eigenvalue weighted by atomic mass is 10.1. The number of ketones is 2. The number of aromatic nitrogens is 3. The lowest BCUT2D eigenvalue weighted by Gasteiger charge is -2.07. The van der Waals surface area contributed by atoms with Gasteiger partial charge in [0.1, 0.15) is 17.8 Å². The fourth-order valence-corrected chi connectivity index (χ4v) is 2.01. The van der Waals surface area contributed by atoms with Gasteiger partial charge in [-0.1, -0.05) is 6.07 Å². The Morgan fingerprint density at radius 1 is 1.25 bits per heavy atom. The van der Waals surface area contributed by atoms with Crippen LogP contribution in [0.2, 0.25) is 0 Å². The Hall–Kier alpha value is -3.42. The van der Waals surface area contributed by atoms with E-state index in [4.69, 9.17) is 13.9 Å². The minimum Gasteiger partial charge on any atom is -0.497 e. The molecule has 0 aliphatic rings. The maximum Gasteiger partial charge on any atom is 0.265 e. The van der Waals surface area contributed by atoms with Gasteiger partial charge in [-0.3, -0.25) is 14.7 Å². The third kappa shape index (κ3) is 3.32. The molecule has 8 nitrogen and oxygen atoms in total. The summed E-state index contributed by atoms with van der Waals surface area (Å²) in [6, 6.07) is 8.55. The normalized spacial score (nSPS) is 10.4. The number of furan rings is 1. The number of methoxy groups -OCH3 is 1. The summed E-state index contributed by atoms with van der Waals surface area (Å²) in [5.41, 5.74) is 0. The van der Waals surface area contributed by atoms with Crippen molar-refractivity contribution in [2.75, 3.05) is 7.11 Å². The Bertz CT molecular complexity index is 854. The molecule has 0 spiro atoms. The number of hydrogen-bond acceptors (Lipinski definition) is 7. The molecule has 122 valence electrons. The smallest absolute Gasteiger partial charge is 0.265 e. The van der Waals surface area contributed by atoms with E-state index >= 15 is 0 Å². The predicted molar refractivity (Wildman–Crippen MR) is 81.2 cm³/mol. The van der Waals surface area contributed by atoms with Crippen LogP contribution in [-0.4, -0.2) is 33.9 Å². The van der Waals surface area contributed by atoms with E-state index in [2.05, 4.69) is 15.2 Å². The van der Waals surface area contributed by atoms with Crippen molar-refractivity contribution in [3.05, 3.63) is 54.5 Å². The average Bonchev–Trinajstić information content (AvgIpc) is 3.27. The van der Waals surface area contributed by atoms with E-state index in [1.165, 1.54) is 6.26 Å². The number of rotatable bonds is 7. The van der Waals surface area contributed by atoms with E-state index in [9.17, 15) is 9.59 Å². The van der Waals surface area contributed by atoms with Crippen LogP contribution in [0.25, 0.3) is 0 Å². The molecule has 0 radical (unpaired) electrons. The van der Waals surface area contributed by atoms with Crippen LogP contribution in [-0.2, 0) is 11.2 Å². The number of nitrogens with zero attached hydrogens (tertiary/aromatic N) is 2. The molecule has 0 fully saturated rings. The molecule has 3 aromatic rings. The zero-order valence-corrected chi connectivity index (χ0v) is 12.7. The summed E-state index contributed by atoms with van der Waals surface area (Å²) in [5, 5.41) is 5.90. The van der Waals surface area contributed by atoms with E-state index in [1.54, 1.807) is 37.4 Å². The molecule has 2 aromatic heterocycles. The van der Waals surface area contributed by atoms with E-state index < -0.39 is 11.6 Å². The summed E-state index contributed by atoms with van der Waals surface area (Å²) in [7, 11) is 1.55. The zero-order chi connectivity index (χ0) is 16.9. The van der Waals surface area contributed by atoms with E-state index in [0.29, 0.717) is 17.2 Å². The Labute approximate surface area is 136 Å². The first-order chi connectivity index (χ1) is 11.7. The van der Waals surface area contributed by atoms with Crippen molar-refractivity contribution in [1.29, 1.82) is 0 Å². The Kier molecular flexibility index (Phi) is 4.37. The SMILES string of the molecule is COc1cccc(Oc2ccoc2CC(=O)C(=O)c2ncn[nH]2)c1. The van der Waals surface area contributed by atoms with Gasteiger partial charge in [0.15, 0.2) is 17.3 Å². The number of aromatic amines is 1. The number of hydrogen-bond donors (Lipinski definition) is 1. The van der Waals surface area contributed by atoms with Crippen LogP contribution in [0.3, 0.4) is 0 Å². The van der Waals surface area contributed by atoms with Crippen molar-refractivity contribution >= 4 is 11.6 Å². The molecule has 0 bridgehead atoms. The van der Waals surface area contributed by atoms with Crippen LogP contribution in [0.5, 0.6) is 17.2 Å². The quantitative estimate of drug-likeness (QED) is 0.523. The summed E-state index contributed by atoms with van der Waals surface area (Å²) in [4.78, 5) is 27.6. The fourth-order valence-electron chi connectivity index (χ4n) is 2.01. The highest BCUT2D eigenvalue weighted by Gasteiger charge is 2.22. The second-order valence-electron chi connectivity index (χ2n) is 4.75. The predicted octanol–water partition coefficient (Wildman–Crippen LogP) is 2.19. The van der Waals surface area contributed by atoms with Gasteiger partial charge in [0, 0.05) is 12.1 Å². The number of benzene rings is 1. The van der Waals surface area contributed by atoms with Gasteiger partial charge in [0.05, 0.1) is 19.8 Å².